The Balaban J connectivity index is 2.25. The average molecular weight is 146 g/mol. The lowest BCUT2D eigenvalue weighted by atomic mass is 9.79. The molecule has 1 atom stereocenters. The highest BCUT2D eigenvalue weighted by atomic mass is 16.1. The smallest absolute Gasteiger partial charge is 0.162 e. The average Bonchev–Trinajstić information content (AvgIpc) is 2.06. The highest BCUT2D eigenvalue weighted by Gasteiger charge is 2.25. The van der Waals surface area contributed by atoms with Gasteiger partial charge in [0.05, 0.1) is 0 Å². The molecule has 0 N–H and O–H groups in total. The number of carbonyl (C=O) groups is 1. The molecule has 56 valence electrons. The zero-order valence-electron chi connectivity index (χ0n) is 6.34. The van der Waals surface area contributed by atoms with Gasteiger partial charge in [0, 0.05) is 12.3 Å². The van der Waals surface area contributed by atoms with Crippen LogP contribution in [0.4, 0.5) is 0 Å². The van der Waals surface area contributed by atoms with Crippen molar-refractivity contribution in [1.82, 2.24) is 0 Å². The minimum absolute atomic E-state index is 0.147. The summed E-state index contributed by atoms with van der Waals surface area (Å²) in [5.74, 6) is 0.406. The van der Waals surface area contributed by atoms with Crippen LogP contribution in [0.2, 0.25) is 0 Å². The Bertz CT molecular complexity index is 235. The lowest BCUT2D eigenvalue weighted by Gasteiger charge is -2.24. The van der Waals surface area contributed by atoms with Gasteiger partial charge >= 0.3 is 0 Å². The van der Waals surface area contributed by atoms with E-state index in [4.69, 9.17) is 0 Å². The van der Waals surface area contributed by atoms with Crippen molar-refractivity contribution in [3.8, 4) is 0 Å². The van der Waals surface area contributed by atoms with Crippen LogP contribution in [0, 0.1) is 12.3 Å². The van der Waals surface area contributed by atoms with Gasteiger partial charge in [-0.25, -0.2) is 0 Å². The number of hydrogen-bond acceptors (Lipinski definition) is 1. The number of allylic oxidation sites excluding steroid dienone is 4. The van der Waals surface area contributed by atoms with Gasteiger partial charge in [-0.15, -0.1) is 0 Å². The minimum atomic E-state index is 0.147. The molecule has 2 aliphatic rings. The van der Waals surface area contributed by atoms with E-state index in [2.05, 4.69) is 6.42 Å². The number of fused-ring (bicyclic) bond motifs is 1. The second-order valence-corrected chi connectivity index (χ2v) is 3.01. The largest absolute Gasteiger partial charge is 0.294 e. The molecule has 0 saturated heterocycles. The molecule has 0 aromatic carbocycles. The molecule has 0 aromatic rings. The van der Waals surface area contributed by atoms with Crippen molar-refractivity contribution in [1.29, 1.82) is 0 Å². The fourth-order valence-electron chi connectivity index (χ4n) is 1.65. The van der Waals surface area contributed by atoms with Gasteiger partial charge < -0.3 is 0 Å². The SMILES string of the molecule is O=C1C=CC=C2[C]CCCC12. The normalized spacial score (nSPS) is 29.6. The summed E-state index contributed by atoms with van der Waals surface area (Å²) < 4.78 is 0. The Morgan fingerprint density at radius 1 is 1.55 bits per heavy atom. The molecular weight excluding hydrogens is 136 g/mol. The number of hydrogen-bond donors (Lipinski definition) is 0. The summed E-state index contributed by atoms with van der Waals surface area (Å²) in [5, 5.41) is 0. The lowest BCUT2D eigenvalue weighted by Crippen LogP contribution is -2.20. The molecule has 1 saturated carbocycles. The molecule has 0 spiro atoms. The third kappa shape index (κ3) is 1.15. The van der Waals surface area contributed by atoms with Crippen LogP contribution >= 0.6 is 0 Å². The highest BCUT2D eigenvalue weighted by molar-refractivity contribution is 5.95. The molecule has 2 aliphatic carbocycles. The summed E-state index contributed by atoms with van der Waals surface area (Å²) in [7, 11) is 0. The Kier molecular flexibility index (Phi) is 1.65. The monoisotopic (exact) mass is 146 g/mol. The molecule has 0 amide bonds. The van der Waals surface area contributed by atoms with Gasteiger partial charge in [0.15, 0.2) is 5.78 Å². The van der Waals surface area contributed by atoms with Crippen LogP contribution in [0.25, 0.3) is 0 Å². The standard InChI is InChI=1S/C10H10O/c11-10-7-3-5-8-4-1-2-6-9(8)10/h3,5,7,9H,1-2,6H2. The van der Waals surface area contributed by atoms with Gasteiger partial charge in [-0.1, -0.05) is 24.1 Å². The van der Waals surface area contributed by atoms with Crippen molar-refractivity contribution < 1.29 is 4.79 Å². The zero-order chi connectivity index (χ0) is 7.68. The molecule has 2 rings (SSSR count). The molecule has 0 heterocycles. The van der Waals surface area contributed by atoms with E-state index >= 15 is 0 Å². The molecule has 1 unspecified atom stereocenters. The number of carbonyl (C=O) groups excluding carboxylic acids is 1. The summed E-state index contributed by atoms with van der Waals surface area (Å²) in [6.07, 6.45) is 11.9. The fourth-order valence-corrected chi connectivity index (χ4v) is 1.65. The van der Waals surface area contributed by atoms with Crippen LogP contribution in [-0.2, 0) is 4.79 Å². The fraction of sp³-hybridized carbons (Fsp3) is 0.400. The van der Waals surface area contributed by atoms with Crippen LogP contribution < -0.4 is 0 Å². The van der Waals surface area contributed by atoms with E-state index in [1.807, 2.05) is 12.2 Å². The van der Waals surface area contributed by atoms with E-state index in [1.165, 1.54) is 0 Å². The van der Waals surface area contributed by atoms with Crippen LogP contribution in [-0.4, -0.2) is 5.78 Å². The summed E-state index contributed by atoms with van der Waals surface area (Å²) in [5.41, 5.74) is 1.11. The second kappa shape index (κ2) is 2.65. The van der Waals surface area contributed by atoms with Crippen molar-refractivity contribution >= 4 is 5.78 Å². The van der Waals surface area contributed by atoms with Gasteiger partial charge in [0.2, 0.25) is 0 Å². The molecule has 1 fully saturated rings. The van der Waals surface area contributed by atoms with Crippen molar-refractivity contribution in [3.63, 3.8) is 0 Å². The third-order valence-electron chi connectivity index (χ3n) is 2.25. The quantitative estimate of drug-likeness (QED) is 0.510. The predicted molar refractivity (Wildman–Crippen MR) is 42.8 cm³/mol. The number of ketones is 1. The van der Waals surface area contributed by atoms with E-state index in [1.54, 1.807) is 6.08 Å². The van der Waals surface area contributed by atoms with Crippen molar-refractivity contribution in [2.45, 2.75) is 19.3 Å². The lowest BCUT2D eigenvalue weighted by molar-refractivity contribution is -0.117. The van der Waals surface area contributed by atoms with E-state index in [-0.39, 0.29) is 11.7 Å². The second-order valence-electron chi connectivity index (χ2n) is 3.01. The van der Waals surface area contributed by atoms with E-state index in [9.17, 15) is 4.79 Å². The first-order valence-corrected chi connectivity index (χ1v) is 4.04. The molecule has 0 aromatic heterocycles. The van der Waals surface area contributed by atoms with Gasteiger partial charge in [-0.3, -0.25) is 4.79 Å². The molecule has 1 heteroatoms. The minimum Gasteiger partial charge on any atom is -0.294 e. The third-order valence-corrected chi connectivity index (χ3v) is 2.25. The Labute approximate surface area is 66.8 Å². The first kappa shape index (κ1) is 6.84. The first-order valence-electron chi connectivity index (χ1n) is 4.04. The van der Waals surface area contributed by atoms with Gasteiger partial charge in [0.1, 0.15) is 0 Å². The molecule has 2 radical (unpaired) electrons. The number of rotatable bonds is 0. The summed E-state index contributed by atoms with van der Waals surface area (Å²) in [6, 6.07) is 0. The maximum atomic E-state index is 11.3. The zero-order valence-corrected chi connectivity index (χ0v) is 6.34. The van der Waals surface area contributed by atoms with Crippen LogP contribution in [0.3, 0.4) is 0 Å². The first-order chi connectivity index (χ1) is 5.38. The summed E-state index contributed by atoms with van der Waals surface area (Å²) >= 11 is 0. The van der Waals surface area contributed by atoms with Crippen molar-refractivity contribution in [2.75, 3.05) is 0 Å². The molecular formula is C10H10O. The van der Waals surface area contributed by atoms with E-state index < -0.39 is 0 Å². The predicted octanol–water partition coefficient (Wildman–Crippen LogP) is 1.93. The Morgan fingerprint density at radius 2 is 2.45 bits per heavy atom. The Hall–Kier alpha value is -0.850. The van der Waals surface area contributed by atoms with Crippen LogP contribution in [0.15, 0.2) is 23.8 Å². The molecule has 11 heavy (non-hydrogen) atoms. The van der Waals surface area contributed by atoms with Gasteiger partial charge in [0.25, 0.3) is 0 Å². The Morgan fingerprint density at radius 3 is 3.27 bits per heavy atom. The summed E-state index contributed by atoms with van der Waals surface area (Å²) in [4.78, 5) is 11.3. The maximum absolute atomic E-state index is 11.3. The molecule has 0 bridgehead atoms. The van der Waals surface area contributed by atoms with Crippen molar-refractivity contribution in [2.24, 2.45) is 5.92 Å². The molecule has 0 aliphatic heterocycles. The molecule has 1 nitrogen and oxygen atoms in total. The van der Waals surface area contributed by atoms with Crippen LogP contribution in [0.1, 0.15) is 19.3 Å². The van der Waals surface area contributed by atoms with E-state index in [0.717, 1.165) is 24.8 Å². The van der Waals surface area contributed by atoms with E-state index in [0.29, 0.717) is 0 Å². The maximum Gasteiger partial charge on any atom is 0.162 e. The van der Waals surface area contributed by atoms with Gasteiger partial charge in [-0.05, 0) is 18.9 Å². The highest BCUT2D eigenvalue weighted by Crippen LogP contribution is 2.31. The van der Waals surface area contributed by atoms with Crippen LogP contribution in [0.5, 0.6) is 0 Å². The van der Waals surface area contributed by atoms with Crippen molar-refractivity contribution in [3.05, 3.63) is 30.2 Å². The summed E-state index contributed by atoms with van der Waals surface area (Å²) in [6.45, 7) is 0. The van der Waals surface area contributed by atoms with Gasteiger partial charge in [-0.2, -0.15) is 0 Å². The topological polar surface area (TPSA) is 17.1 Å².